The number of carbonyl (C=O) groups is 1. The zero-order valence-electron chi connectivity index (χ0n) is 17.5. The molecule has 0 unspecified atom stereocenters. The van der Waals surface area contributed by atoms with E-state index in [4.69, 9.17) is 9.47 Å². The van der Waals surface area contributed by atoms with Gasteiger partial charge in [0.2, 0.25) is 5.91 Å². The first-order chi connectivity index (χ1) is 14.6. The van der Waals surface area contributed by atoms with Crippen LogP contribution in [0, 0.1) is 6.92 Å². The number of carbonyl (C=O) groups excluding carboxylic acids is 1. The lowest BCUT2D eigenvalue weighted by Gasteiger charge is -2.10. The summed E-state index contributed by atoms with van der Waals surface area (Å²) in [5.74, 6) is 1.70. The van der Waals surface area contributed by atoms with Crippen molar-refractivity contribution >= 4 is 17.7 Å². The quantitative estimate of drug-likeness (QED) is 0.484. The summed E-state index contributed by atoms with van der Waals surface area (Å²) in [6.07, 6.45) is 1.50. The van der Waals surface area contributed by atoms with Crippen molar-refractivity contribution in [1.29, 1.82) is 0 Å². The Balaban J connectivity index is 1.44. The number of thioether (sulfide) groups is 1. The van der Waals surface area contributed by atoms with Crippen LogP contribution in [-0.4, -0.2) is 42.4 Å². The molecule has 3 aromatic rings. The Morgan fingerprint density at radius 1 is 1.07 bits per heavy atom. The molecule has 6 nitrogen and oxygen atoms in total. The number of rotatable bonds is 10. The van der Waals surface area contributed by atoms with Crippen LogP contribution in [0.25, 0.3) is 0 Å². The third-order valence-corrected chi connectivity index (χ3v) is 5.58. The number of H-pyrrole nitrogens is 1. The molecule has 0 radical (unpaired) electrons. The Morgan fingerprint density at radius 3 is 2.57 bits per heavy atom. The molecule has 0 spiro atoms. The molecule has 1 amide bonds. The number of nitrogens with zero attached hydrogens (tertiary/aromatic N) is 1. The number of aromatic amines is 1. The van der Waals surface area contributed by atoms with Gasteiger partial charge in [0.1, 0.15) is 0 Å². The Hall–Kier alpha value is -2.93. The molecule has 0 fully saturated rings. The van der Waals surface area contributed by atoms with E-state index < -0.39 is 0 Å². The lowest BCUT2D eigenvalue weighted by atomic mass is 10.1. The number of imidazole rings is 1. The van der Waals surface area contributed by atoms with Crippen molar-refractivity contribution in [2.45, 2.75) is 24.9 Å². The number of benzene rings is 2. The minimum Gasteiger partial charge on any atom is -0.493 e. The van der Waals surface area contributed by atoms with Crippen molar-refractivity contribution in [3.8, 4) is 11.5 Å². The maximum atomic E-state index is 12.2. The monoisotopic (exact) mass is 425 g/mol. The van der Waals surface area contributed by atoms with Gasteiger partial charge in [0.15, 0.2) is 16.7 Å². The van der Waals surface area contributed by atoms with Gasteiger partial charge in [-0.1, -0.05) is 48.2 Å². The molecule has 1 heterocycles. The fourth-order valence-corrected chi connectivity index (χ4v) is 3.83. The fourth-order valence-electron chi connectivity index (χ4n) is 3.06. The predicted octanol–water partition coefficient (Wildman–Crippen LogP) is 3.78. The van der Waals surface area contributed by atoms with E-state index in [9.17, 15) is 4.79 Å². The molecule has 0 aliphatic rings. The predicted molar refractivity (Wildman–Crippen MR) is 120 cm³/mol. The zero-order valence-corrected chi connectivity index (χ0v) is 18.3. The number of ether oxygens (including phenoxy) is 2. The number of aryl methyl sites for hydroxylation is 1. The molecule has 7 heteroatoms. The highest BCUT2D eigenvalue weighted by Gasteiger charge is 2.10. The number of nitrogens with one attached hydrogen (secondary N) is 2. The van der Waals surface area contributed by atoms with Gasteiger partial charge in [0.25, 0.3) is 0 Å². The molecule has 2 N–H and O–H groups in total. The smallest absolute Gasteiger partial charge is 0.230 e. The van der Waals surface area contributed by atoms with Crippen molar-refractivity contribution in [3.05, 3.63) is 71.0 Å². The summed E-state index contributed by atoms with van der Waals surface area (Å²) < 4.78 is 10.6. The van der Waals surface area contributed by atoms with Gasteiger partial charge in [-0.2, -0.15) is 0 Å². The number of methoxy groups -OCH3 is 2. The first-order valence-electron chi connectivity index (χ1n) is 9.79. The van der Waals surface area contributed by atoms with E-state index in [0.717, 1.165) is 34.9 Å². The number of amides is 1. The third kappa shape index (κ3) is 6.03. The number of aromatic nitrogens is 2. The largest absolute Gasteiger partial charge is 0.493 e. The topological polar surface area (TPSA) is 76.2 Å². The molecule has 0 atom stereocenters. The molecule has 2 aromatic carbocycles. The van der Waals surface area contributed by atoms with E-state index in [2.05, 4.69) is 27.4 Å². The first kappa shape index (κ1) is 21.8. The van der Waals surface area contributed by atoms with Gasteiger partial charge in [0.05, 0.1) is 25.7 Å². The highest BCUT2D eigenvalue weighted by atomic mass is 32.2. The van der Waals surface area contributed by atoms with Gasteiger partial charge in [-0.15, -0.1) is 0 Å². The highest BCUT2D eigenvalue weighted by Crippen LogP contribution is 2.27. The molecule has 158 valence electrons. The SMILES string of the molecule is COc1ccc(CCNC(=O)CSc2nc(Cc3ccccc3)c(C)[nH]2)cc1OC. The van der Waals surface area contributed by atoms with E-state index >= 15 is 0 Å². The van der Waals surface area contributed by atoms with Crippen molar-refractivity contribution in [2.75, 3.05) is 26.5 Å². The van der Waals surface area contributed by atoms with Gasteiger partial charge >= 0.3 is 0 Å². The molecule has 0 bridgehead atoms. The maximum Gasteiger partial charge on any atom is 0.230 e. The molecule has 0 aliphatic heterocycles. The summed E-state index contributed by atoms with van der Waals surface area (Å²) in [6, 6.07) is 16.0. The van der Waals surface area contributed by atoms with Crippen LogP contribution in [0.15, 0.2) is 53.7 Å². The Morgan fingerprint density at radius 2 is 1.83 bits per heavy atom. The van der Waals surface area contributed by atoms with E-state index in [1.54, 1.807) is 14.2 Å². The molecule has 30 heavy (non-hydrogen) atoms. The first-order valence-corrected chi connectivity index (χ1v) is 10.8. The summed E-state index contributed by atoms with van der Waals surface area (Å²) in [6.45, 7) is 2.57. The summed E-state index contributed by atoms with van der Waals surface area (Å²) in [5.41, 5.74) is 4.34. The van der Waals surface area contributed by atoms with Crippen molar-refractivity contribution in [3.63, 3.8) is 0 Å². The average Bonchev–Trinajstić information content (AvgIpc) is 3.12. The van der Waals surface area contributed by atoms with Crippen LogP contribution < -0.4 is 14.8 Å². The van der Waals surface area contributed by atoms with Crippen LogP contribution >= 0.6 is 11.8 Å². The molecule has 0 saturated carbocycles. The molecule has 3 rings (SSSR count). The van der Waals surface area contributed by atoms with E-state index in [1.165, 1.54) is 17.3 Å². The van der Waals surface area contributed by atoms with Crippen molar-refractivity contribution in [2.24, 2.45) is 0 Å². The van der Waals surface area contributed by atoms with E-state index in [0.29, 0.717) is 23.8 Å². The second-order valence-electron chi connectivity index (χ2n) is 6.85. The van der Waals surface area contributed by atoms with Gasteiger partial charge in [-0.05, 0) is 36.6 Å². The molecule has 0 aliphatic carbocycles. The minimum atomic E-state index is -0.0147. The standard InChI is InChI=1S/C23H27N3O3S/c1-16-19(13-17-7-5-4-6-8-17)26-23(25-16)30-15-22(27)24-12-11-18-9-10-20(28-2)21(14-18)29-3/h4-10,14H,11-13,15H2,1-3H3,(H,24,27)(H,25,26). The normalized spacial score (nSPS) is 10.6. The number of hydrogen-bond donors (Lipinski definition) is 2. The average molecular weight is 426 g/mol. The second-order valence-corrected chi connectivity index (χ2v) is 7.82. The summed E-state index contributed by atoms with van der Waals surface area (Å²) in [4.78, 5) is 20.1. The Labute approximate surface area is 181 Å². The minimum absolute atomic E-state index is 0.0147. The number of hydrogen-bond acceptors (Lipinski definition) is 5. The van der Waals surface area contributed by atoms with Gasteiger partial charge in [0, 0.05) is 18.7 Å². The van der Waals surface area contributed by atoms with Crippen LogP contribution in [0.3, 0.4) is 0 Å². The summed E-state index contributed by atoms with van der Waals surface area (Å²) >= 11 is 1.42. The molecule has 1 aromatic heterocycles. The molecular weight excluding hydrogens is 398 g/mol. The lowest BCUT2D eigenvalue weighted by Crippen LogP contribution is -2.27. The zero-order chi connectivity index (χ0) is 21.3. The lowest BCUT2D eigenvalue weighted by molar-refractivity contribution is -0.118. The fraction of sp³-hybridized carbons (Fsp3) is 0.304. The van der Waals surface area contributed by atoms with Crippen LogP contribution in [0.5, 0.6) is 11.5 Å². The molecule has 0 saturated heterocycles. The summed E-state index contributed by atoms with van der Waals surface area (Å²) in [7, 11) is 3.23. The Kier molecular flexibility index (Phi) is 7.79. The third-order valence-electron chi connectivity index (χ3n) is 4.70. The summed E-state index contributed by atoms with van der Waals surface area (Å²) in [5, 5.41) is 3.73. The van der Waals surface area contributed by atoms with E-state index in [1.807, 2.05) is 43.3 Å². The van der Waals surface area contributed by atoms with Crippen LogP contribution in [0.1, 0.15) is 22.5 Å². The van der Waals surface area contributed by atoms with Crippen LogP contribution in [0.4, 0.5) is 0 Å². The van der Waals surface area contributed by atoms with Crippen molar-refractivity contribution < 1.29 is 14.3 Å². The van der Waals surface area contributed by atoms with Gasteiger partial charge in [-0.3, -0.25) is 4.79 Å². The van der Waals surface area contributed by atoms with E-state index in [-0.39, 0.29) is 5.91 Å². The highest BCUT2D eigenvalue weighted by molar-refractivity contribution is 7.99. The van der Waals surface area contributed by atoms with Gasteiger partial charge < -0.3 is 19.8 Å². The van der Waals surface area contributed by atoms with Gasteiger partial charge in [-0.25, -0.2) is 4.98 Å². The second kappa shape index (κ2) is 10.7. The Bertz CT molecular complexity index is 973. The van der Waals surface area contributed by atoms with Crippen molar-refractivity contribution in [1.82, 2.24) is 15.3 Å². The maximum absolute atomic E-state index is 12.2. The molecular formula is C23H27N3O3S. The van der Waals surface area contributed by atoms with Crippen LogP contribution in [0.2, 0.25) is 0 Å². The van der Waals surface area contributed by atoms with Crippen LogP contribution in [-0.2, 0) is 17.6 Å².